The lowest BCUT2D eigenvalue weighted by Crippen LogP contribution is -2.11. The number of aryl methyl sites for hydroxylation is 2. The minimum Gasteiger partial charge on any atom is -0.311 e. The third kappa shape index (κ3) is 4.95. The Hall–Kier alpha value is -2.90. The van der Waals surface area contributed by atoms with E-state index in [4.69, 9.17) is 0 Å². The van der Waals surface area contributed by atoms with Crippen molar-refractivity contribution in [1.29, 1.82) is 0 Å². The molecule has 2 heterocycles. The van der Waals surface area contributed by atoms with Gasteiger partial charge >= 0.3 is 0 Å². The lowest BCUT2D eigenvalue weighted by Gasteiger charge is -2.15. The molecule has 0 atom stereocenters. The van der Waals surface area contributed by atoms with Crippen LogP contribution < -0.4 is 5.32 Å². The van der Waals surface area contributed by atoms with Crippen LogP contribution in [0.15, 0.2) is 54.6 Å². The van der Waals surface area contributed by atoms with Gasteiger partial charge in [0, 0.05) is 12.0 Å². The maximum absolute atomic E-state index is 14.3. The number of carbonyl (C=O) groups excluding carboxylic acids is 1. The molecule has 4 nitrogen and oxygen atoms in total. The molecular weight excluding hydrogens is 441 g/mol. The van der Waals surface area contributed by atoms with Crippen LogP contribution in [0.2, 0.25) is 0 Å². The van der Waals surface area contributed by atoms with Crippen LogP contribution in [0.25, 0.3) is 10.6 Å². The highest BCUT2D eigenvalue weighted by Gasteiger charge is 2.20. The zero-order valence-electron chi connectivity index (χ0n) is 18.4. The maximum Gasteiger partial charge on any atom is 0.268 e. The first-order valence-electron chi connectivity index (χ1n) is 10.3. The fourth-order valence-electron chi connectivity index (χ4n) is 3.34. The van der Waals surface area contributed by atoms with Crippen LogP contribution in [0.1, 0.15) is 51.0 Å². The minimum atomic E-state index is -1.39. The summed E-state index contributed by atoms with van der Waals surface area (Å²) >= 11 is 2.83. The summed E-state index contributed by atoms with van der Waals surface area (Å²) in [4.78, 5) is 22.7. The number of amides is 1. The predicted octanol–water partition coefficient (Wildman–Crippen LogP) is 6.93. The largest absolute Gasteiger partial charge is 0.311 e. The molecular formula is C25H24FN3OS2. The molecule has 2 aromatic heterocycles. The minimum absolute atomic E-state index is 0.179. The van der Waals surface area contributed by atoms with E-state index >= 15 is 0 Å². The maximum atomic E-state index is 14.3. The molecule has 4 rings (SSSR count). The average molecular weight is 466 g/mol. The van der Waals surface area contributed by atoms with Crippen molar-refractivity contribution in [3.63, 3.8) is 0 Å². The fraction of sp³-hybridized carbons (Fsp3) is 0.240. The van der Waals surface area contributed by atoms with Gasteiger partial charge in [0.05, 0.1) is 16.4 Å². The zero-order valence-corrected chi connectivity index (χ0v) is 20.0. The number of benzene rings is 2. The van der Waals surface area contributed by atoms with Gasteiger partial charge in [0.2, 0.25) is 0 Å². The number of thiazole rings is 2. The molecule has 1 amide bonds. The van der Waals surface area contributed by atoms with E-state index < -0.39 is 5.67 Å². The van der Waals surface area contributed by atoms with E-state index in [1.165, 1.54) is 22.7 Å². The first-order valence-corrected chi connectivity index (χ1v) is 11.9. The molecule has 0 spiro atoms. The van der Waals surface area contributed by atoms with Crippen molar-refractivity contribution in [1.82, 2.24) is 9.97 Å². The van der Waals surface area contributed by atoms with Crippen molar-refractivity contribution in [3.8, 4) is 10.6 Å². The number of rotatable bonds is 6. The molecule has 164 valence electrons. The molecule has 7 heteroatoms. The molecule has 0 radical (unpaired) electrons. The van der Waals surface area contributed by atoms with Crippen molar-refractivity contribution >= 4 is 33.6 Å². The highest BCUT2D eigenvalue weighted by molar-refractivity contribution is 7.18. The normalized spacial score (nSPS) is 11.5. The van der Waals surface area contributed by atoms with Crippen LogP contribution in [0, 0.1) is 13.8 Å². The molecule has 0 bridgehead atoms. The molecule has 4 aromatic rings. The van der Waals surface area contributed by atoms with Crippen molar-refractivity contribution in [2.45, 2.75) is 39.8 Å². The number of nitrogens with zero attached hydrogens (tertiary/aromatic N) is 2. The summed E-state index contributed by atoms with van der Waals surface area (Å²) in [6.07, 6.45) is 0.586. The lowest BCUT2D eigenvalue weighted by molar-refractivity contribution is 0.103. The van der Waals surface area contributed by atoms with E-state index in [0.717, 1.165) is 31.8 Å². The van der Waals surface area contributed by atoms with E-state index in [2.05, 4.69) is 15.3 Å². The topological polar surface area (TPSA) is 54.9 Å². The summed E-state index contributed by atoms with van der Waals surface area (Å²) in [7, 11) is 0. The second kappa shape index (κ2) is 8.92. The Morgan fingerprint density at radius 2 is 1.75 bits per heavy atom. The molecule has 0 aliphatic carbocycles. The van der Waals surface area contributed by atoms with Crippen molar-refractivity contribution in [2.75, 3.05) is 5.32 Å². The third-order valence-corrected chi connectivity index (χ3v) is 7.34. The van der Waals surface area contributed by atoms with Crippen LogP contribution in [0.4, 0.5) is 9.39 Å². The number of hydrogen-bond donors (Lipinski definition) is 1. The zero-order chi connectivity index (χ0) is 22.9. The summed E-state index contributed by atoms with van der Waals surface area (Å²) in [6, 6.07) is 17.3. The van der Waals surface area contributed by atoms with E-state index in [-0.39, 0.29) is 5.91 Å². The summed E-state index contributed by atoms with van der Waals surface area (Å²) in [5.74, 6) is -0.179. The van der Waals surface area contributed by atoms with Crippen molar-refractivity contribution < 1.29 is 9.18 Å². The molecule has 0 aliphatic rings. The van der Waals surface area contributed by atoms with Crippen LogP contribution in [0.5, 0.6) is 0 Å². The quantitative estimate of drug-likeness (QED) is 0.336. The molecule has 0 fully saturated rings. The van der Waals surface area contributed by atoms with Gasteiger partial charge in [-0.05, 0) is 38.8 Å². The van der Waals surface area contributed by atoms with Gasteiger partial charge < -0.3 is 5.32 Å². The molecule has 0 saturated heterocycles. The van der Waals surface area contributed by atoms with Gasteiger partial charge in [-0.2, -0.15) is 0 Å². The third-order valence-electron chi connectivity index (χ3n) is 5.06. The van der Waals surface area contributed by atoms with Crippen molar-refractivity contribution in [2.24, 2.45) is 0 Å². The number of carbonyl (C=O) groups is 1. The molecule has 0 aliphatic heterocycles. The Labute approximate surface area is 195 Å². The number of halogens is 1. The van der Waals surface area contributed by atoms with Crippen LogP contribution >= 0.6 is 22.7 Å². The second-order valence-corrected chi connectivity index (χ2v) is 10.2. The van der Waals surface area contributed by atoms with Crippen LogP contribution in [0.3, 0.4) is 0 Å². The summed E-state index contributed by atoms with van der Waals surface area (Å²) < 4.78 is 14.3. The average Bonchev–Trinajstić information content (AvgIpc) is 3.30. The van der Waals surface area contributed by atoms with Crippen LogP contribution in [-0.4, -0.2) is 15.9 Å². The van der Waals surface area contributed by atoms with E-state index in [1.807, 2.05) is 62.4 Å². The fourth-order valence-corrected chi connectivity index (χ4v) is 5.30. The number of alkyl halides is 1. The summed E-state index contributed by atoms with van der Waals surface area (Å²) in [6.45, 7) is 6.84. The van der Waals surface area contributed by atoms with E-state index in [1.54, 1.807) is 19.9 Å². The van der Waals surface area contributed by atoms with Gasteiger partial charge in [-0.25, -0.2) is 14.4 Å². The SMILES string of the molecule is Cc1nc(Cc2cccc(C(C)(C)F)c2)sc1NC(=O)c1sc(-c2ccccc2)nc1C. The highest BCUT2D eigenvalue weighted by atomic mass is 32.1. The Balaban J connectivity index is 1.51. The first-order chi connectivity index (χ1) is 15.2. The Bertz CT molecular complexity index is 1260. The smallest absolute Gasteiger partial charge is 0.268 e. The monoisotopic (exact) mass is 465 g/mol. The van der Waals surface area contributed by atoms with Crippen molar-refractivity contribution in [3.05, 3.63) is 87.0 Å². The molecule has 0 saturated carbocycles. The Kier molecular flexibility index (Phi) is 6.22. The first kappa shape index (κ1) is 22.3. The van der Waals surface area contributed by atoms with Crippen LogP contribution in [-0.2, 0) is 12.1 Å². The number of aromatic nitrogens is 2. The van der Waals surface area contributed by atoms with Gasteiger partial charge in [0.25, 0.3) is 5.91 Å². The molecule has 0 unspecified atom stereocenters. The predicted molar refractivity (Wildman–Crippen MR) is 130 cm³/mol. The molecule has 32 heavy (non-hydrogen) atoms. The Morgan fingerprint density at radius 1 is 1.00 bits per heavy atom. The molecule has 1 N–H and O–H groups in total. The number of anilines is 1. The van der Waals surface area contributed by atoms with E-state index in [9.17, 15) is 9.18 Å². The summed E-state index contributed by atoms with van der Waals surface area (Å²) in [5.41, 5.74) is 2.72. The number of nitrogens with one attached hydrogen (secondary N) is 1. The Morgan fingerprint density at radius 3 is 2.47 bits per heavy atom. The standard InChI is InChI=1S/C25H24FN3OS2/c1-15-21(32-24(28-15)18-10-6-5-7-11-18)22(30)29-23-16(2)27-20(31-23)14-17-9-8-12-19(13-17)25(3,4)26/h5-13H,14H2,1-4H3,(H,29,30). The summed E-state index contributed by atoms with van der Waals surface area (Å²) in [5, 5.41) is 5.42. The van der Waals surface area contributed by atoms with Gasteiger partial charge in [-0.3, -0.25) is 4.79 Å². The molecule has 2 aromatic carbocycles. The highest BCUT2D eigenvalue weighted by Crippen LogP contribution is 2.31. The van der Waals surface area contributed by atoms with Gasteiger partial charge in [-0.15, -0.1) is 22.7 Å². The van der Waals surface area contributed by atoms with Gasteiger partial charge in [0.15, 0.2) is 0 Å². The van der Waals surface area contributed by atoms with Gasteiger partial charge in [-0.1, -0.05) is 54.6 Å². The number of hydrogen-bond acceptors (Lipinski definition) is 5. The second-order valence-electron chi connectivity index (χ2n) is 8.13. The van der Waals surface area contributed by atoms with Gasteiger partial charge in [0.1, 0.15) is 20.6 Å². The van der Waals surface area contributed by atoms with E-state index in [0.29, 0.717) is 22.6 Å². The lowest BCUT2D eigenvalue weighted by atomic mass is 9.97.